The Morgan fingerprint density at radius 3 is 2.61 bits per heavy atom. The maximum absolute atomic E-state index is 13.3. The van der Waals surface area contributed by atoms with E-state index in [-0.39, 0.29) is 11.3 Å². The van der Waals surface area contributed by atoms with Gasteiger partial charge in [0.1, 0.15) is 17.2 Å². The first-order valence-corrected chi connectivity index (χ1v) is 6.30. The van der Waals surface area contributed by atoms with Crippen LogP contribution in [-0.4, -0.2) is 5.91 Å². The van der Waals surface area contributed by atoms with E-state index in [4.69, 9.17) is 23.2 Å². The third-order valence-electron chi connectivity index (χ3n) is 2.09. The summed E-state index contributed by atoms with van der Waals surface area (Å²) in [6.07, 6.45) is 0. The number of rotatable bonds is 2. The average Bonchev–Trinajstić information content (AvgIpc) is 2.62. The highest BCUT2D eigenvalue weighted by Gasteiger charge is 2.20. The lowest BCUT2D eigenvalue weighted by Gasteiger charge is -2.04. The smallest absolute Gasteiger partial charge is 0.293 e. The van der Waals surface area contributed by atoms with Crippen LogP contribution in [0.5, 0.6) is 0 Å². The van der Waals surface area contributed by atoms with Gasteiger partial charge in [-0.1, -0.05) is 22.9 Å². The highest BCUT2D eigenvalue weighted by atomic mass is 35.5. The lowest BCUT2D eigenvalue weighted by Crippen LogP contribution is -2.12. The summed E-state index contributed by atoms with van der Waals surface area (Å²) in [7, 11) is 0. The number of nitrogens with one attached hydrogen (secondary N) is 1. The highest BCUT2D eigenvalue weighted by molar-refractivity contribution is 7.16. The molecule has 2 rings (SSSR count). The van der Waals surface area contributed by atoms with Crippen molar-refractivity contribution < 1.29 is 25.2 Å². The third kappa shape index (κ3) is 2.80. The number of benzene rings is 1. The Bertz CT molecular complexity index is 615. The summed E-state index contributed by atoms with van der Waals surface area (Å²) >= 11 is 11.7. The van der Waals surface area contributed by atoms with E-state index < -0.39 is 17.5 Å². The molecule has 0 spiro atoms. The molecule has 0 saturated heterocycles. The van der Waals surface area contributed by atoms with E-state index in [2.05, 4.69) is 5.32 Å². The largest absolute Gasteiger partial charge is 0.319 e. The van der Waals surface area contributed by atoms with Gasteiger partial charge in [-0.05, 0) is 18.2 Å². The number of thiophene rings is 1. The maximum atomic E-state index is 13.3. The van der Waals surface area contributed by atoms with Gasteiger partial charge in [0.05, 0.1) is 10.0 Å². The second-order valence-electron chi connectivity index (χ2n) is 3.33. The van der Waals surface area contributed by atoms with Crippen molar-refractivity contribution in [1.82, 2.24) is 0 Å². The number of hydrogen-bond donors (Lipinski definition) is 1. The summed E-state index contributed by atoms with van der Waals surface area (Å²) in [6.45, 7) is 0. The second kappa shape index (κ2) is 5.22. The quantitative estimate of drug-likeness (QED) is 0.902. The average molecular weight is 309 g/mol. The van der Waals surface area contributed by atoms with E-state index in [1.165, 1.54) is 6.07 Å². The van der Waals surface area contributed by atoms with Gasteiger partial charge in [-0.3, -0.25) is 4.79 Å². The lowest BCUT2D eigenvalue weighted by molar-refractivity contribution is -0.281. The SMILES string of the molecule is O=C(Nc1ccc(F)cc1F)c1cc(Cl)sc1[ClH+]. The van der Waals surface area contributed by atoms with Crippen LogP contribution in [0.3, 0.4) is 0 Å². The van der Waals surface area contributed by atoms with E-state index in [1.807, 2.05) is 0 Å². The van der Waals surface area contributed by atoms with Gasteiger partial charge in [0, 0.05) is 6.07 Å². The molecule has 1 aromatic carbocycles. The number of halogens is 4. The Balaban J connectivity index is 2.24. The van der Waals surface area contributed by atoms with E-state index in [0.29, 0.717) is 14.7 Å². The van der Waals surface area contributed by atoms with Crippen LogP contribution in [0, 0.1) is 23.2 Å². The van der Waals surface area contributed by atoms with Gasteiger partial charge in [-0.25, -0.2) is 8.78 Å². The molecule has 1 heterocycles. The topological polar surface area (TPSA) is 29.1 Å². The van der Waals surface area contributed by atoms with Gasteiger partial charge >= 0.3 is 0 Å². The summed E-state index contributed by atoms with van der Waals surface area (Å²) in [4.78, 5) is 11.8. The molecule has 0 atom stereocenters. The number of amides is 1. The molecular formula is C11H6Cl2F2NOS+. The summed E-state index contributed by atoms with van der Waals surface area (Å²) in [5, 5.41) is 2.31. The summed E-state index contributed by atoms with van der Waals surface area (Å²) < 4.78 is 26.7. The van der Waals surface area contributed by atoms with Crippen LogP contribution in [0.4, 0.5) is 14.5 Å². The van der Waals surface area contributed by atoms with Crippen molar-refractivity contribution in [2.75, 3.05) is 5.32 Å². The normalized spacial score (nSPS) is 10.4. The van der Waals surface area contributed by atoms with Crippen molar-refractivity contribution in [3.8, 4) is 0 Å². The van der Waals surface area contributed by atoms with Gasteiger partial charge in [0.2, 0.25) is 0 Å². The van der Waals surface area contributed by atoms with Gasteiger partial charge < -0.3 is 5.32 Å². The van der Waals surface area contributed by atoms with Gasteiger partial charge in [-0.2, -0.15) is 0 Å². The molecular weight excluding hydrogens is 303 g/mol. The number of hydrogen-bond acceptors (Lipinski definition) is 2. The molecule has 7 heteroatoms. The fraction of sp³-hybridized carbons (Fsp3) is 0. The molecule has 0 aliphatic heterocycles. The minimum absolute atomic E-state index is 0.113. The summed E-state index contributed by atoms with van der Waals surface area (Å²) in [5.41, 5.74) is 0.0850. The molecule has 0 aliphatic carbocycles. The molecule has 2 aromatic rings. The van der Waals surface area contributed by atoms with Crippen molar-refractivity contribution in [3.63, 3.8) is 0 Å². The van der Waals surface area contributed by atoms with Crippen LogP contribution in [0.25, 0.3) is 0 Å². The van der Waals surface area contributed by atoms with Crippen LogP contribution >= 0.6 is 22.9 Å². The Morgan fingerprint density at radius 1 is 1.33 bits per heavy atom. The first kappa shape index (κ1) is 13.3. The van der Waals surface area contributed by atoms with E-state index in [0.717, 1.165) is 23.5 Å². The van der Waals surface area contributed by atoms with Gasteiger partial charge in [0.25, 0.3) is 10.2 Å². The summed E-state index contributed by atoms with van der Waals surface area (Å²) in [5.74, 6) is -2.14. The van der Waals surface area contributed by atoms with Crippen LogP contribution in [0.15, 0.2) is 24.3 Å². The molecule has 0 radical (unpaired) electrons. The van der Waals surface area contributed by atoms with Crippen molar-refractivity contribution in [1.29, 1.82) is 0 Å². The Morgan fingerprint density at radius 2 is 2.06 bits per heavy atom. The van der Waals surface area contributed by atoms with Crippen molar-refractivity contribution >= 4 is 34.5 Å². The van der Waals surface area contributed by atoms with E-state index >= 15 is 0 Å². The van der Waals surface area contributed by atoms with E-state index in [9.17, 15) is 13.6 Å². The molecule has 0 bridgehead atoms. The minimum atomic E-state index is -0.851. The second-order valence-corrected chi connectivity index (χ2v) is 5.68. The van der Waals surface area contributed by atoms with Gasteiger partial charge in [-0.15, -0.1) is 0 Å². The zero-order valence-electron chi connectivity index (χ0n) is 8.67. The molecule has 1 amide bonds. The fourth-order valence-corrected chi connectivity index (χ4v) is 2.80. The monoisotopic (exact) mass is 308 g/mol. The Labute approximate surface area is 115 Å². The number of carbonyl (C=O) groups excluding carboxylic acids is 1. The highest BCUT2D eigenvalue weighted by Crippen LogP contribution is 2.28. The molecule has 0 fully saturated rings. The molecule has 1 N–H and O–H groups in total. The number of anilines is 1. The molecule has 18 heavy (non-hydrogen) atoms. The van der Waals surface area contributed by atoms with Crippen LogP contribution in [0.1, 0.15) is 10.4 Å². The predicted octanol–water partition coefficient (Wildman–Crippen LogP) is 3.63. The zero-order valence-corrected chi connectivity index (χ0v) is 11.1. The van der Waals surface area contributed by atoms with Crippen LogP contribution in [0.2, 0.25) is 8.67 Å². The Kier molecular flexibility index (Phi) is 3.85. The molecule has 94 valence electrons. The molecule has 0 unspecified atom stereocenters. The lowest BCUT2D eigenvalue weighted by atomic mass is 10.2. The standard InChI is InChI=1S/C11H5Cl2F2NOS/c12-9-4-6(10(13)18-9)11(17)16-8-2-1-5(14)3-7(8)15/h1-4,13H/p+1. The van der Waals surface area contributed by atoms with Crippen LogP contribution in [-0.2, 0) is 0 Å². The molecule has 0 aliphatic rings. The van der Waals surface area contributed by atoms with Crippen molar-refractivity contribution in [2.45, 2.75) is 0 Å². The first-order valence-electron chi connectivity index (χ1n) is 4.70. The van der Waals surface area contributed by atoms with E-state index in [1.54, 1.807) is 0 Å². The van der Waals surface area contributed by atoms with Crippen LogP contribution < -0.4 is 5.32 Å². The maximum Gasteiger partial charge on any atom is 0.293 e. The van der Waals surface area contributed by atoms with Crippen molar-refractivity contribution in [3.05, 3.63) is 50.1 Å². The number of carbonyl (C=O) groups is 1. The van der Waals surface area contributed by atoms with Gasteiger partial charge in [0.15, 0.2) is 11.6 Å². The minimum Gasteiger partial charge on any atom is -0.319 e. The summed E-state index contributed by atoms with van der Waals surface area (Å²) in [6, 6.07) is 4.28. The Hall–Kier alpha value is -1.17. The predicted molar refractivity (Wildman–Crippen MR) is 64.2 cm³/mol. The first-order chi connectivity index (χ1) is 8.47. The molecule has 0 saturated carbocycles. The van der Waals surface area contributed by atoms with Crippen molar-refractivity contribution in [2.24, 2.45) is 0 Å². The fourth-order valence-electron chi connectivity index (χ4n) is 1.28. The molecule has 1 aromatic heterocycles. The zero-order chi connectivity index (χ0) is 13.3. The molecule has 2 nitrogen and oxygen atoms in total. The third-order valence-corrected chi connectivity index (χ3v) is 3.62.